The maximum atomic E-state index is 11.0. The molecule has 0 rings (SSSR count). The summed E-state index contributed by atoms with van der Waals surface area (Å²) in [5.41, 5.74) is -0.790. The Labute approximate surface area is 93.2 Å². The van der Waals surface area contributed by atoms with Gasteiger partial charge in [0.15, 0.2) is 0 Å². The minimum Gasteiger partial charge on any atom is -0.389 e. The first kappa shape index (κ1) is 14.9. The van der Waals surface area contributed by atoms with Crippen LogP contribution in [0.1, 0.15) is 27.7 Å². The topological polar surface area (TPSA) is 57.6 Å². The van der Waals surface area contributed by atoms with E-state index in [4.69, 9.17) is 0 Å². The van der Waals surface area contributed by atoms with Crippen molar-refractivity contribution in [1.29, 1.82) is 0 Å². The number of rotatable bonds is 6. The van der Waals surface area contributed by atoms with Crippen molar-refractivity contribution >= 4 is 9.84 Å². The normalized spacial score (nSPS) is 13.9. The van der Waals surface area contributed by atoms with Crippen molar-refractivity contribution in [2.24, 2.45) is 0 Å². The molecule has 4 nitrogen and oxygen atoms in total. The summed E-state index contributed by atoms with van der Waals surface area (Å²) in [6, 6.07) is 0.234. The van der Waals surface area contributed by atoms with Gasteiger partial charge in [0, 0.05) is 25.4 Å². The molecule has 0 aromatic rings. The van der Waals surface area contributed by atoms with Gasteiger partial charge in [0.1, 0.15) is 9.84 Å². The van der Waals surface area contributed by atoms with E-state index in [2.05, 4.69) is 0 Å². The van der Waals surface area contributed by atoms with Gasteiger partial charge < -0.3 is 5.11 Å². The highest BCUT2D eigenvalue weighted by Crippen LogP contribution is 2.08. The third-order valence-corrected chi connectivity index (χ3v) is 2.99. The first-order chi connectivity index (χ1) is 6.51. The molecule has 0 unspecified atom stereocenters. The summed E-state index contributed by atoms with van der Waals surface area (Å²) in [4.78, 5) is 1.97. The molecular weight excluding hydrogens is 214 g/mol. The second-order valence-electron chi connectivity index (χ2n) is 5.01. The van der Waals surface area contributed by atoms with Gasteiger partial charge in [-0.25, -0.2) is 8.42 Å². The summed E-state index contributed by atoms with van der Waals surface area (Å²) in [7, 11) is -2.93. The van der Waals surface area contributed by atoms with E-state index in [1.807, 2.05) is 18.7 Å². The molecule has 0 aromatic carbocycles. The largest absolute Gasteiger partial charge is 0.389 e. The lowest BCUT2D eigenvalue weighted by atomic mass is 10.1. The van der Waals surface area contributed by atoms with E-state index in [9.17, 15) is 13.5 Å². The van der Waals surface area contributed by atoms with Crippen LogP contribution in [0.4, 0.5) is 0 Å². The van der Waals surface area contributed by atoms with Crippen molar-refractivity contribution in [3.8, 4) is 0 Å². The molecule has 0 spiro atoms. The van der Waals surface area contributed by atoms with Gasteiger partial charge in [0.05, 0.1) is 11.4 Å². The molecule has 0 saturated carbocycles. The van der Waals surface area contributed by atoms with Crippen LogP contribution in [0.15, 0.2) is 0 Å². The predicted octanol–water partition coefficient (Wildman–Crippen LogP) is 0.512. The maximum absolute atomic E-state index is 11.0. The molecule has 0 aliphatic heterocycles. The van der Waals surface area contributed by atoms with Gasteiger partial charge in [0.2, 0.25) is 0 Å². The van der Waals surface area contributed by atoms with E-state index >= 15 is 0 Å². The molecule has 0 aliphatic carbocycles. The zero-order valence-electron chi connectivity index (χ0n) is 10.3. The molecule has 5 heteroatoms. The molecule has 15 heavy (non-hydrogen) atoms. The zero-order chi connectivity index (χ0) is 12.3. The van der Waals surface area contributed by atoms with Crippen LogP contribution in [0, 0.1) is 0 Å². The number of hydrogen-bond donors (Lipinski definition) is 1. The second-order valence-corrected chi connectivity index (χ2v) is 7.27. The lowest BCUT2D eigenvalue weighted by Crippen LogP contribution is -2.44. The van der Waals surface area contributed by atoms with Crippen LogP contribution in [0.25, 0.3) is 0 Å². The van der Waals surface area contributed by atoms with Crippen molar-refractivity contribution < 1.29 is 13.5 Å². The van der Waals surface area contributed by atoms with Gasteiger partial charge in [-0.3, -0.25) is 4.90 Å². The molecule has 92 valence electrons. The summed E-state index contributed by atoms with van der Waals surface area (Å²) in [6.45, 7) is 8.40. The third kappa shape index (κ3) is 8.84. The number of sulfone groups is 1. The van der Waals surface area contributed by atoms with E-state index in [0.717, 1.165) is 0 Å². The molecule has 0 saturated heterocycles. The van der Waals surface area contributed by atoms with Gasteiger partial charge in [-0.15, -0.1) is 0 Å². The first-order valence-electron chi connectivity index (χ1n) is 5.15. The van der Waals surface area contributed by atoms with E-state index in [-0.39, 0.29) is 11.8 Å². The summed E-state index contributed by atoms with van der Waals surface area (Å²) >= 11 is 0. The first-order valence-corrected chi connectivity index (χ1v) is 7.21. The molecule has 0 atom stereocenters. The summed E-state index contributed by atoms with van der Waals surface area (Å²) in [5, 5.41) is 9.68. The van der Waals surface area contributed by atoms with Crippen LogP contribution in [0.3, 0.4) is 0 Å². The van der Waals surface area contributed by atoms with Crippen molar-refractivity contribution in [2.45, 2.75) is 39.3 Å². The van der Waals surface area contributed by atoms with Crippen molar-refractivity contribution in [3.63, 3.8) is 0 Å². The Morgan fingerprint density at radius 3 is 2.07 bits per heavy atom. The lowest BCUT2D eigenvalue weighted by molar-refractivity contribution is 0.0280. The third-order valence-electron chi connectivity index (χ3n) is 2.07. The average molecular weight is 237 g/mol. The van der Waals surface area contributed by atoms with Gasteiger partial charge in [-0.1, -0.05) is 0 Å². The molecule has 0 radical (unpaired) electrons. The monoisotopic (exact) mass is 237 g/mol. The Hall–Kier alpha value is -0.130. The minimum atomic E-state index is -2.93. The molecule has 0 amide bonds. The van der Waals surface area contributed by atoms with Crippen LogP contribution in [-0.2, 0) is 9.84 Å². The van der Waals surface area contributed by atoms with Gasteiger partial charge in [-0.05, 0) is 27.7 Å². The average Bonchev–Trinajstić information content (AvgIpc) is 1.93. The van der Waals surface area contributed by atoms with Crippen molar-refractivity contribution in [3.05, 3.63) is 0 Å². The van der Waals surface area contributed by atoms with Gasteiger partial charge >= 0.3 is 0 Å². The molecule has 1 N–H and O–H groups in total. The van der Waals surface area contributed by atoms with E-state index in [0.29, 0.717) is 13.1 Å². The molecule has 0 aromatic heterocycles. The zero-order valence-corrected chi connectivity index (χ0v) is 11.1. The quantitative estimate of drug-likeness (QED) is 0.731. The van der Waals surface area contributed by atoms with Crippen molar-refractivity contribution in [1.82, 2.24) is 4.90 Å². The van der Waals surface area contributed by atoms with Gasteiger partial charge in [0.25, 0.3) is 0 Å². The summed E-state index contributed by atoms with van der Waals surface area (Å²) < 4.78 is 22.1. The van der Waals surface area contributed by atoms with E-state index < -0.39 is 15.4 Å². The minimum absolute atomic E-state index is 0.140. The highest BCUT2D eigenvalue weighted by Gasteiger charge is 2.21. The van der Waals surface area contributed by atoms with E-state index in [1.165, 1.54) is 6.26 Å². The Bertz CT molecular complexity index is 278. The molecule has 0 aliphatic rings. The smallest absolute Gasteiger partial charge is 0.148 e. The summed E-state index contributed by atoms with van der Waals surface area (Å²) in [6.07, 6.45) is 1.23. The molecule has 0 heterocycles. The Morgan fingerprint density at radius 1 is 1.33 bits per heavy atom. The SMILES string of the molecule is CC(C)N(CCS(C)(=O)=O)CC(C)(C)O. The van der Waals surface area contributed by atoms with Crippen LogP contribution in [0.5, 0.6) is 0 Å². The maximum Gasteiger partial charge on any atom is 0.148 e. The number of hydrogen-bond acceptors (Lipinski definition) is 4. The standard InChI is InChI=1S/C10H23NO3S/c1-9(2)11(8-10(3,4)12)6-7-15(5,13)14/h9,12H,6-8H2,1-5H3. The molecule has 0 bridgehead atoms. The highest BCUT2D eigenvalue weighted by atomic mass is 32.2. The van der Waals surface area contributed by atoms with Crippen LogP contribution >= 0.6 is 0 Å². The van der Waals surface area contributed by atoms with Crippen LogP contribution in [0.2, 0.25) is 0 Å². The lowest BCUT2D eigenvalue weighted by Gasteiger charge is -2.31. The Morgan fingerprint density at radius 2 is 1.80 bits per heavy atom. The highest BCUT2D eigenvalue weighted by molar-refractivity contribution is 7.90. The number of aliphatic hydroxyl groups is 1. The molecular formula is C10H23NO3S. The molecule has 0 fully saturated rings. The number of nitrogens with zero attached hydrogens (tertiary/aromatic N) is 1. The fraction of sp³-hybridized carbons (Fsp3) is 1.00. The van der Waals surface area contributed by atoms with Crippen LogP contribution < -0.4 is 0 Å². The van der Waals surface area contributed by atoms with E-state index in [1.54, 1.807) is 13.8 Å². The van der Waals surface area contributed by atoms with Gasteiger partial charge in [-0.2, -0.15) is 0 Å². The fourth-order valence-corrected chi connectivity index (χ4v) is 1.87. The fourth-order valence-electron chi connectivity index (χ4n) is 1.30. The van der Waals surface area contributed by atoms with Crippen molar-refractivity contribution in [2.75, 3.05) is 25.1 Å². The Balaban J connectivity index is 4.31. The Kier molecular flexibility index (Phi) is 5.23. The summed E-state index contributed by atoms with van der Waals surface area (Å²) in [5.74, 6) is 0.140. The second kappa shape index (κ2) is 5.27. The predicted molar refractivity (Wildman–Crippen MR) is 62.7 cm³/mol. The van der Waals surface area contributed by atoms with Crippen LogP contribution in [-0.4, -0.2) is 55.2 Å².